The molecule has 0 aromatic carbocycles. The van der Waals surface area contributed by atoms with E-state index in [1.807, 2.05) is 0 Å². The van der Waals surface area contributed by atoms with Crippen molar-refractivity contribution in [1.82, 2.24) is 0 Å². The van der Waals surface area contributed by atoms with E-state index in [0.717, 1.165) is 32.1 Å². The van der Waals surface area contributed by atoms with E-state index in [1.54, 1.807) is 0 Å². The van der Waals surface area contributed by atoms with Crippen molar-refractivity contribution in [2.75, 3.05) is 26.4 Å². The zero-order valence-corrected chi connectivity index (χ0v) is 32.3. The topological polar surface area (TPSA) is 149 Å². The molecular weight excluding hydrogens is 647 g/mol. The maximum Gasteiger partial charge on any atom is 0.472 e. The van der Waals surface area contributed by atoms with E-state index in [2.05, 4.69) is 18.4 Å². The number of ether oxygens (including phenoxy) is 2. The first-order valence-electron chi connectivity index (χ1n) is 20.0. The van der Waals surface area contributed by atoms with E-state index in [1.165, 1.54) is 122 Å². The first-order valence-corrected chi connectivity index (χ1v) is 21.5. The van der Waals surface area contributed by atoms with E-state index in [-0.39, 0.29) is 19.4 Å². The highest BCUT2D eigenvalue weighted by Gasteiger charge is 2.27. The number of esters is 2. The van der Waals surface area contributed by atoms with Crippen LogP contribution in [0.25, 0.3) is 0 Å². The van der Waals surface area contributed by atoms with Crippen LogP contribution in [0.2, 0.25) is 0 Å². The average Bonchev–Trinajstić information content (AvgIpc) is 3.09. The average molecular weight is 723 g/mol. The second-order valence-corrected chi connectivity index (χ2v) is 15.1. The Labute approximate surface area is 299 Å². The smallest absolute Gasteiger partial charge is 0.462 e. The fourth-order valence-electron chi connectivity index (χ4n) is 5.64. The van der Waals surface area contributed by atoms with Gasteiger partial charge in [-0.1, -0.05) is 168 Å². The van der Waals surface area contributed by atoms with Crippen LogP contribution in [0.1, 0.15) is 194 Å². The van der Waals surface area contributed by atoms with Gasteiger partial charge in [0.05, 0.1) is 19.8 Å². The van der Waals surface area contributed by atoms with E-state index in [4.69, 9.17) is 19.1 Å². The van der Waals surface area contributed by atoms with Gasteiger partial charge in [0.1, 0.15) is 12.7 Å². The quantitative estimate of drug-likeness (QED) is 0.0319. The summed E-state index contributed by atoms with van der Waals surface area (Å²) in [5.41, 5.74) is 0. The minimum absolute atomic E-state index is 0.191. The number of rotatable bonds is 38. The molecule has 10 nitrogen and oxygen atoms in total. The molecule has 1 unspecified atom stereocenters. The lowest BCUT2D eigenvalue weighted by Gasteiger charge is -2.20. The number of unbranched alkanes of at least 4 members (excludes halogenated alkanes) is 24. The number of aliphatic hydroxyl groups is 2. The highest BCUT2D eigenvalue weighted by Crippen LogP contribution is 2.43. The Morgan fingerprint density at radius 1 is 0.531 bits per heavy atom. The van der Waals surface area contributed by atoms with Crippen LogP contribution in [0.4, 0.5) is 0 Å². The monoisotopic (exact) mass is 723 g/mol. The summed E-state index contributed by atoms with van der Waals surface area (Å²) < 4.78 is 32.6. The zero-order chi connectivity index (χ0) is 36.3. The number of carbonyl (C=O) groups excluding carboxylic acids is 2. The minimum Gasteiger partial charge on any atom is -0.462 e. The largest absolute Gasteiger partial charge is 0.472 e. The summed E-state index contributed by atoms with van der Waals surface area (Å²) in [4.78, 5) is 34.8. The predicted molar refractivity (Wildman–Crippen MR) is 196 cm³/mol. The number of hydrogen-bond acceptors (Lipinski definition) is 9. The third-order valence-corrected chi connectivity index (χ3v) is 9.71. The molecule has 0 aliphatic rings. The molecule has 11 heteroatoms. The summed E-state index contributed by atoms with van der Waals surface area (Å²) >= 11 is 0. The van der Waals surface area contributed by atoms with Crippen LogP contribution in [0.3, 0.4) is 0 Å². The van der Waals surface area contributed by atoms with Gasteiger partial charge in [0.2, 0.25) is 0 Å². The van der Waals surface area contributed by atoms with Gasteiger partial charge in [-0.15, -0.1) is 0 Å². The highest BCUT2D eigenvalue weighted by molar-refractivity contribution is 7.47. The van der Waals surface area contributed by atoms with Crippen LogP contribution < -0.4 is 0 Å². The van der Waals surface area contributed by atoms with Gasteiger partial charge in [-0.25, -0.2) is 4.57 Å². The van der Waals surface area contributed by atoms with E-state index in [9.17, 15) is 24.2 Å². The van der Waals surface area contributed by atoms with Crippen LogP contribution in [0, 0.1) is 0 Å². The van der Waals surface area contributed by atoms with Crippen molar-refractivity contribution in [2.45, 2.75) is 206 Å². The third kappa shape index (κ3) is 35.2. The Bertz CT molecular complexity index is 796. The van der Waals surface area contributed by atoms with E-state index in [0.29, 0.717) is 12.8 Å². The summed E-state index contributed by atoms with van der Waals surface area (Å²) in [6.45, 7) is 2.38. The molecule has 0 saturated carbocycles. The summed E-state index contributed by atoms with van der Waals surface area (Å²) in [6, 6.07) is 0. The summed E-state index contributed by atoms with van der Waals surface area (Å²) in [6.07, 6.45) is 29.3. The minimum atomic E-state index is -4.60. The second-order valence-electron chi connectivity index (χ2n) is 13.7. The molecule has 0 saturated heterocycles. The molecule has 0 fully saturated rings. The molecule has 0 bridgehead atoms. The van der Waals surface area contributed by atoms with E-state index < -0.39 is 51.8 Å². The van der Waals surface area contributed by atoms with Gasteiger partial charge in [0.15, 0.2) is 6.10 Å². The fourth-order valence-corrected chi connectivity index (χ4v) is 6.43. The Balaban J connectivity index is 4.25. The van der Waals surface area contributed by atoms with Gasteiger partial charge in [-0.05, 0) is 12.8 Å². The molecule has 0 aromatic rings. The molecular formula is C38H75O10P. The van der Waals surface area contributed by atoms with Crippen molar-refractivity contribution in [1.29, 1.82) is 0 Å². The van der Waals surface area contributed by atoms with Gasteiger partial charge in [-0.3, -0.25) is 18.6 Å². The van der Waals surface area contributed by atoms with Crippen molar-refractivity contribution < 1.29 is 47.8 Å². The Kier molecular flexibility index (Phi) is 34.6. The van der Waals surface area contributed by atoms with Crippen LogP contribution in [-0.2, 0) is 32.7 Å². The number of aliphatic hydroxyl groups excluding tert-OH is 2. The first-order chi connectivity index (χ1) is 23.7. The summed E-state index contributed by atoms with van der Waals surface area (Å²) in [7, 11) is -4.60. The lowest BCUT2D eigenvalue weighted by atomic mass is 10.0. The molecule has 49 heavy (non-hydrogen) atoms. The Morgan fingerprint density at radius 2 is 0.878 bits per heavy atom. The van der Waals surface area contributed by atoms with Gasteiger partial charge < -0.3 is 24.6 Å². The van der Waals surface area contributed by atoms with Gasteiger partial charge in [-0.2, -0.15) is 0 Å². The van der Waals surface area contributed by atoms with Crippen LogP contribution >= 0.6 is 7.82 Å². The molecule has 3 atom stereocenters. The van der Waals surface area contributed by atoms with Gasteiger partial charge >= 0.3 is 19.8 Å². The van der Waals surface area contributed by atoms with Crippen LogP contribution in [0.5, 0.6) is 0 Å². The lowest BCUT2D eigenvalue weighted by Crippen LogP contribution is -2.29. The molecule has 0 aromatic heterocycles. The molecule has 3 N–H and O–H groups in total. The number of carbonyl (C=O) groups is 2. The SMILES string of the molecule is CCCCCCCCCCCCCCCCCCC(=O)OC[C@H](COP(=O)(O)OC[C@@H](O)CO)OC(=O)CCCCCCCCCCCC. The van der Waals surface area contributed by atoms with Crippen molar-refractivity contribution in [3.8, 4) is 0 Å². The maximum absolute atomic E-state index is 12.5. The highest BCUT2D eigenvalue weighted by atomic mass is 31.2. The molecule has 0 rings (SSSR count). The standard InChI is InChI=1S/C38H75O10P/c1-3-5-7-9-11-13-15-16-17-18-19-20-22-23-25-27-29-37(41)45-33-36(34-47-49(43,44)46-32-35(40)31-39)48-38(42)30-28-26-24-21-14-12-10-8-6-4-2/h35-36,39-40H,3-34H2,1-2H3,(H,43,44)/t35-,36+/m0/s1. The molecule has 0 amide bonds. The van der Waals surface area contributed by atoms with Crippen molar-refractivity contribution >= 4 is 19.8 Å². The molecule has 292 valence electrons. The van der Waals surface area contributed by atoms with Gasteiger partial charge in [0, 0.05) is 12.8 Å². The molecule has 0 heterocycles. The van der Waals surface area contributed by atoms with Crippen molar-refractivity contribution in [3.05, 3.63) is 0 Å². The zero-order valence-electron chi connectivity index (χ0n) is 31.4. The number of phosphoric acid groups is 1. The number of phosphoric ester groups is 1. The van der Waals surface area contributed by atoms with Crippen molar-refractivity contribution in [2.24, 2.45) is 0 Å². The Morgan fingerprint density at radius 3 is 1.27 bits per heavy atom. The van der Waals surface area contributed by atoms with Crippen LogP contribution in [-0.4, -0.2) is 65.7 Å². The second kappa shape index (κ2) is 35.4. The van der Waals surface area contributed by atoms with Crippen molar-refractivity contribution in [3.63, 3.8) is 0 Å². The molecule has 0 aliphatic heterocycles. The molecule has 0 spiro atoms. The number of hydrogen-bond donors (Lipinski definition) is 3. The lowest BCUT2D eigenvalue weighted by molar-refractivity contribution is -0.161. The third-order valence-electron chi connectivity index (χ3n) is 8.76. The van der Waals surface area contributed by atoms with Gasteiger partial charge in [0.25, 0.3) is 0 Å². The maximum atomic E-state index is 12.5. The summed E-state index contributed by atoms with van der Waals surface area (Å²) in [5, 5.41) is 18.3. The Hall–Kier alpha value is -1.03. The normalized spacial score (nSPS) is 14.0. The molecule has 0 radical (unpaired) electrons. The molecule has 0 aliphatic carbocycles. The summed E-state index contributed by atoms with van der Waals surface area (Å²) in [5.74, 6) is -0.915. The first kappa shape index (κ1) is 48.0. The van der Waals surface area contributed by atoms with Crippen LogP contribution in [0.15, 0.2) is 0 Å². The van der Waals surface area contributed by atoms with E-state index >= 15 is 0 Å². The predicted octanol–water partition coefficient (Wildman–Crippen LogP) is 9.89. The fraction of sp³-hybridized carbons (Fsp3) is 0.947.